The molecule has 0 aromatic heterocycles. The van der Waals surface area contributed by atoms with Crippen LogP contribution < -0.4 is 0 Å². The van der Waals surface area contributed by atoms with Crippen molar-refractivity contribution in [2.45, 2.75) is 249 Å². The molecule has 0 bridgehead atoms. The fourth-order valence-electron chi connectivity index (χ4n) is 7.35. The molecule has 0 saturated heterocycles. The lowest BCUT2D eigenvalue weighted by molar-refractivity contribution is -0.220. The van der Waals surface area contributed by atoms with Crippen LogP contribution in [0.25, 0.3) is 0 Å². The van der Waals surface area contributed by atoms with Crippen molar-refractivity contribution >= 4 is 13.8 Å². The van der Waals surface area contributed by atoms with Crippen molar-refractivity contribution in [3.63, 3.8) is 0 Å². The molecule has 0 aromatic rings. The lowest BCUT2D eigenvalue weighted by Crippen LogP contribution is -2.64. The Balaban J connectivity index is 2.38. The maximum Gasteiger partial charge on any atom is 0.472 e. The van der Waals surface area contributed by atoms with E-state index in [0.29, 0.717) is 13.0 Å². The quantitative estimate of drug-likeness (QED) is 0.0148. The molecule has 6 atom stereocenters. The summed E-state index contributed by atoms with van der Waals surface area (Å²) in [6.45, 7) is 4.27. The lowest BCUT2D eigenvalue weighted by Gasteiger charge is -2.41. The zero-order valence-electron chi connectivity index (χ0n) is 36.6. The number of phosphoric acid groups is 1. The maximum atomic E-state index is 12.8. The molecule has 1 rings (SSSR count). The monoisotopic (exact) mass is 851 g/mol. The molecule has 13 heteroatoms. The molecular weight excluding hydrogens is 763 g/mol. The average molecular weight is 851 g/mol. The minimum Gasteiger partial charge on any atom is -0.457 e. The Kier molecular flexibility index (Phi) is 34.9. The maximum absolute atomic E-state index is 12.8. The van der Waals surface area contributed by atoms with Gasteiger partial charge in [-0.3, -0.25) is 13.8 Å². The number of hydrogen-bond donors (Lipinski definition) is 6. The van der Waals surface area contributed by atoms with Crippen molar-refractivity contribution in [2.75, 3.05) is 19.8 Å². The van der Waals surface area contributed by atoms with Gasteiger partial charge >= 0.3 is 13.8 Å². The number of carbonyl (C=O) groups is 1. The van der Waals surface area contributed by atoms with Crippen molar-refractivity contribution < 1.29 is 58.3 Å². The smallest absolute Gasteiger partial charge is 0.457 e. The largest absolute Gasteiger partial charge is 0.472 e. The van der Waals surface area contributed by atoms with Crippen LogP contribution in [0.5, 0.6) is 0 Å². The van der Waals surface area contributed by atoms with Gasteiger partial charge in [-0.25, -0.2) is 4.57 Å². The molecular formula is C45H87O12P. The molecule has 1 fully saturated rings. The third-order valence-corrected chi connectivity index (χ3v) is 12.1. The molecule has 344 valence electrons. The highest BCUT2D eigenvalue weighted by Crippen LogP contribution is 2.47. The van der Waals surface area contributed by atoms with Crippen LogP contribution in [0, 0.1) is 0 Å². The third kappa shape index (κ3) is 28.6. The molecule has 0 heterocycles. The van der Waals surface area contributed by atoms with Crippen LogP contribution in [0.3, 0.4) is 0 Å². The molecule has 0 spiro atoms. The average Bonchev–Trinajstić information content (AvgIpc) is 3.21. The molecule has 6 N–H and O–H groups in total. The number of aliphatic hydroxyl groups excluding tert-OH is 5. The topological polar surface area (TPSA) is 192 Å². The fraction of sp³-hybridized carbons (Fsp3) is 0.933. The number of rotatable bonds is 40. The number of ether oxygens (including phenoxy) is 2. The second kappa shape index (κ2) is 36.7. The van der Waals surface area contributed by atoms with Crippen molar-refractivity contribution in [1.82, 2.24) is 0 Å². The predicted octanol–water partition coefficient (Wildman–Crippen LogP) is 9.53. The number of allylic oxidation sites excluding steroid dienone is 2. The second-order valence-corrected chi connectivity index (χ2v) is 18.0. The molecule has 58 heavy (non-hydrogen) atoms. The summed E-state index contributed by atoms with van der Waals surface area (Å²) in [5.41, 5.74) is 0. The Morgan fingerprint density at radius 3 is 1.36 bits per heavy atom. The Hall–Kier alpha value is -0.920. The van der Waals surface area contributed by atoms with Gasteiger partial charge in [0.1, 0.15) is 42.7 Å². The summed E-state index contributed by atoms with van der Waals surface area (Å²) < 4.78 is 34.2. The van der Waals surface area contributed by atoms with Gasteiger partial charge in [-0.15, -0.1) is 0 Å². The number of aliphatic hydroxyl groups is 5. The van der Waals surface area contributed by atoms with Gasteiger partial charge < -0.3 is 39.9 Å². The Morgan fingerprint density at radius 2 is 0.914 bits per heavy atom. The molecule has 0 radical (unpaired) electrons. The van der Waals surface area contributed by atoms with Crippen LogP contribution in [0.2, 0.25) is 0 Å². The molecule has 0 amide bonds. The van der Waals surface area contributed by atoms with Gasteiger partial charge in [0.2, 0.25) is 0 Å². The standard InChI is InChI=1S/C45H87O12P/c1-3-5-7-9-11-13-15-17-19-20-21-22-24-26-28-30-32-34-39(46)56-38(36-54-35-33-31-29-27-25-23-18-16-14-12-10-8-6-4-2)37-55-58(52,53)57-45-43(50)41(48)40(47)42(49)44(45)51/h17,19,38,40-45,47-51H,3-16,18,20-37H2,1-2H3,(H,52,53)/b19-17-. The Morgan fingerprint density at radius 1 is 0.534 bits per heavy atom. The Labute approximate surface area is 352 Å². The van der Waals surface area contributed by atoms with Crippen LogP contribution in [0.15, 0.2) is 12.2 Å². The van der Waals surface area contributed by atoms with Crippen molar-refractivity contribution in [1.29, 1.82) is 0 Å². The first-order chi connectivity index (χ1) is 28.0. The summed E-state index contributed by atoms with van der Waals surface area (Å²) >= 11 is 0. The van der Waals surface area contributed by atoms with Gasteiger partial charge in [-0.05, 0) is 38.5 Å². The highest BCUT2D eigenvalue weighted by atomic mass is 31.2. The van der Waals surface area contributed by atoms with Gasteiger partial charge in [0.05, 0.1) is 13.2 Å². The molecule has 6 unspecified atom stereocenters. The highest BCUT2D eigenvalue weighted by molar-refractivity contribution is 7.47. The molecule has 1 aliphatic rings. The number of hydrogen-bond acceptors (Lipinski definition) is 11. The first-order valence-electron chi connectivity index (χ1n) is 23.5. The van der Waals surface area contributed by atoms with E-state index in [0.717, 1.165) is 44.9 Å². The predicted molar refractivity (Wildman–Crippen MR) is 230 cm³/mol. The zero-order valence-corrected chi connectivity index (χ0v) is 37.5. The second-order valence-electron chi connectivity index (χ2n) is 16.6. The molecule has 0 aliphatic heterocycles. The van der Waals surface area contributed by atoms with E-state index in [2.05, 4.69) is 26.0 Å². The minimum absolute atomic E-state index is 0.0727. The van der Waals surface area contributed by atoms with E-state index in [9.17, 15) is 39.8 Å². The normalized spacial score (nSPS) is 22.7. The summed E-state index contributed by atoms with van der Waals surface area (Å²) in [4.78, 5) is 23.1. The van der Waals surface area contributed by atoms with Crippen LogP contribution in [0.1, 0.15) is 206 Å². The van der Waals surface area contributed by atoms with Crippen molar-refractivity contribution in [3.8, 4) is 0 Å². The van der Waals surface area contributed by atoms with E-state index in [4.69, 9.17) is 18.5 Å². The van der Waals surface area contributed by atoms with E-state index in [-0.39, 0.29) is 13.0 Å². The van der Waals surface area contributed by atoms with Crippen LogP contribution in [-0.2, 0) is 27.9 Å². The summed E-state index contributed by atoms with van der Waals surface area (Å²) in [7, 11) is -5.01. The molecule has 1 aliphatic carbocycles. The van der Waals surface area contributed by atoms with Crippen LogP contribution in [-0.4, -0.2) is 98.9 Å². The van der Waals surface area contributed by atoms with Crippen molar-refractivity contribution in [2.24, 2.45) is 0 Å². The van der Waals surface area contributed by atoms with Gasteiger partial charge in [0.25, 0.3) is 0 Å². The van der Waals surface area contributed by atoms with Gasteiger partial charge in [-0.1, -0.05) is 174 Å². The van der Waals surface area contributed by atoms with E-state index in [1.54, 1.807) is 0 Å². The van der Waals surface area contributed by atoms with Crippen molar-refractivity contribution in [3.05, 3.63) is 12.2 Å². The van der Waals surface area contributed by atoms with Gasteiger partial charge in [0, 0.05) is 13.0 Å². The summed E-state index contributed by atoms with van der Waals surface area (Å²) in [6, 6.07) is 0. The fourth-order valence-corrected chi connectivity index (χ4v) is 8.32. The van der Waals surface area contributed by atoms with E-state index >= 15 is 0 Å². The first kappa shape index (κ1) is 55.1. The SMILES string of the molecule is CCCCCCCC/C=C\CCCCCCCCCC(=O)OC(COCCCCCCCCCCCCCCCC)COP(=O)(O)OC1C(O)C(O)C(O)C(O)C1O. The third-order valence-electron chi connectivity index (χ3n) is 11.1. The summed E-state index contributed by atoms with van der Waals surface area (Å²) in [5, 5.41) is 50.2. The first-order valence-corrected chi connectivity index (χ1v) is 25.0. The van der Waals surface area contributed by atoms with E-state index < -0.39 is 63.1 Å². The van der Waals surface area contributed by atoms with Crippen LogP contribution >= 0.6 is 7.82 Å². The molecule has 12 nitrogen and oxygen atoms in total. The highest BCUT2D eigenvalue weighted by Gasteiger charge is 2.51. The number of carbonyl (C=O) groups excluding carboxylic acids is 1. The number of phosphoric ester groups is 1. The molecule has 0 aromatic carbocycles. The summed E-state index contributed by atoms with van der Waals surface area (Å²) in [6.07, 6.45) is 27.0. The number of esters is 1. The van der Waals surface area contributed by atoms with Crippen LogP contribution in [0.4, 0.5) is 0 Å². The Bertz CT molecular complexity index is 1020. The van der Waals surface area contributed by atoms with E-state index in [1.165, 1.54) is 135 Å². The minimum atomic E-state index is -5.01. The van der Waals surface area contributed by atoms with Gasteiger partial charge in [0.15, 0.2) is 0 Å². The van der Waals surface area contributed by atoms with Gasteiger partial charge in [-0.2, -0.15) is 0 Å². The summed E-state index contributed by atoms with van der Waals surface area (Å²) in [5.74, 6) is -0.478. The zero-order chi connectivity index (χ0) is 42.7. The molecule has 1 saturated carbocycles. The number of unbranched alkanes of at least 4 members (excludes halogenated alkanes) is 26. The lowest BCUT2D eigenvalue weighted by atomic mass is 9.85. The van der Waals surface area contributed by atoms with E-state index in [1.807, 2.05) is 0 Å².